The molecule has 6 rings (SSSR count). The number of carbonyl (C=O) groups excluding carboxylic acids is 2. The molecule has 1 saturated heterocycles. The molecule has 2 aromatic carbocycles. The normalized spacial score (nSPS) is 38.3. The van der Waals surface area contributed by atoms with Crippen molar-refractivity contribution < 1.29 is 9.59 Å². The van der Waals surface area contributed by atoms with Crippen molar-refractivity contribution in [1.29, 1.82) is 0 Å². The molecule has 0 bridgehead atoms. The third-order valence-electron chi connectivity index (χ3n) is 11.8. The fourth-order valence-electron chi connectivity index (χ4n) is 9.79. The number of hydrogen-bond donors (Lipinski definition) is 1. The van der Waals surface area contributed by atoms with Crippen molar-refractivity contribution >= 4 is 11.8 Å². The van der Waals surface area contributed by atoms with E-state index in [4.69, 9.17) is 0 Å². The first-order chi connectivity index (χ1) is 18.2. The fourth-order valence-corrected chi connectivity index (χ4v) is 9.79. The molecule has 4 aliphatic rings. The van der Waals surface area contributed by atoms with Crippen molar-refractivity contribution in [3.63, 3.8) is 0 Å². The molecule has 1 N–H and O–H groups in total. The standard InChI is InChI=1S/C34H44N2O2/c1-22-21-28-34(3,20-18-29(37)36(28)4)26-17-19-33(2)25(30(22)26)15-16-27(33)32(38)35-31(23-11-7-5-8-12-23)24-13-9-6-10-14-24/h5-14,22,25-28,30-31H,15-21H2,1-4H3,(H,35,38)/t22?,25-,26+,27?,28?,30-,33-,34+/m0/s1. The summed E-state index contributed by atoms with van der Waals surface area (Å²) in [5.74, 6) is 3.06. The number of piperidine rings is 1. The Morgan fingerprint density at radius 2 is 1.50 bits per heavy atom. The minimum absolute atomic E-state index is 0.0387. The maximum atomic E-state index is 14.1. The Balaban J connectivity index is 1.26. The first-order valence-electron chi connectivity index (χ1n) is 14.9. The number of carbonyl (C=O) groups is 2. The Labute approximate surface area is 228 Å². The van der Waals surface area contributed by atoms with Gasteiger partial charge in [0.15, 0.2) is 0 Å². The van der Waals surface area contributed by atoms with Crippen LogP contribution in [0.1, 0.15) is 82.9 Å². The second-order valence-corrected chi connectivity index (χ2v) is 13.5. The van der Waals surface area contributed by atoms with E-state index in [2.05, 4.69) is 79.5 Å². The second kappa shape index (κ2) is 9.54. The van der Waals surface area contributed by atoms with Gasteiger partial charge in [-0.1, -0.05) is 81.4 Å². The average Bonchev–Trinajstić information content (AvgIpc) is 3.29. The predicted octanol–water partition coefficient (Wildman–Crippen LogP) is 6.62. The van der Waals surface area contributed by atoms with Gasteiger partial charge in [-0.05, 0) is 84.2 Å². The highest BCUT2D eigenvalue weighted by Crippen LogP contribution is 2.67. The van der Waals surface area contributed by atoms with Gasteiger partial charge >= 0.3 is 0 Å². The van der Waals surface area contributed by atoms with Crippen LogP contribution >= 0.6 is 0 Å². The Bertz CT molecular complexity index is 1140. The largest absolute Gasteiger partial charge is 0.345 e. The summed E-state index contributed by atoms with van der Waals surface area (Å²) in [6.07, 6.45) is 7.25. The first-order valence-corrected chi connectivity index (χ1v) is 14.9. The zero-order chi connectivity index (χ0) is 26.7. The van der Waals surface area contributed by atoms with Gasteiger partial charge in [-0.2, -0.15) is 0 Å². The summed E-state index contributed by atoms with van der Waals surface area (Å²) >= 11 is 0. The van der Waals surface area contributed by atoms with Crippen molar-refractivity contribution in [1.82, 2.24) is 10.2 Å². The molecule has 4 nitrogen and oxygen atoms in total. The summed E-state index contributed by atoms with van der Waals surface area (Å²) < 4.78 is 0. The summed E-state index contributed by atoms with van der Waals surface area (Å²) in [5.41, 5.74) is 2.50. The molecule has 3 saturated carbocycles. The SMILES string of the molecule is CC1CC2N(C)C(=O)CC[C@]2(C)[C@@H]2CC[C@]3(C)C(C(=O)NC(c4ccccc4)c4ccccc4)CC[C@H]3[C@H]12. The quantitative estimate of drug-likeness (QED) is 0.501. The number of likely N-dealkylation sites (tertiary alicyclic amines) is 1. The minimum atomic E-state index is -0.132. The van der Waals surface area contributed by atoms with Crippen LogP contribution in [0.5, 0.6) is 0 Å². The first kappa shape index (κ1) is 25.6. The smallest absolute Gasteiger partial charge is 0.224 e. The average molecular weight is 513 g/mol. The van der Waals surface area contributed by atoms with E-state index in [0.717, 1.165) is 43.2 Å². The lowest BCUT2D eigenvalue weighted by molar-refractivity contribution is -0.168. The number of nitrogens with zero attached hydrogens (tertiary/aromatic N) is 1. The molecular weight excluding hydrogens is 468 g/mol. The van der Waals surface area contributed by atoms with E-state index >= 15 is 0 Å². The maximum Gasteiger partial charge on any atom is 0.224 e. The molecule has 3 unspecified atom stereocenters. The van der Waals surface area contributed by atoms with E-state index in [0.29, 0.717) is 42.0 Å². The van der Waals surface area contributed by atoms with Crippen molar-refractivity contribution in [3.05, 3.63) is 71.8 Å². The summed E-state index contributed by atoms with van der Waals surface area (Å²) in [5, 5.41) is 3.51. The van der Waals surface area contributed by atoms with Crippen LogP contribution in [0.2, 0.25) is 0 Å². The third kappa shape index (κ3) is 3.93. The molecule has 4 fully saturated rings. The van der Waals surface area contributed by atoms with Gasteiger partial charge in [-0.15, -0.1) is 0 Å². The lowest BCUT2D eigenvalue weighted by atomic mass is 9.44. The van der Waals surface area contributed by atoms with E-state index in [-0.39, 0.29) is 28.7 Å². The lowest BCUT2D eigenvalue weighted by Gasteiger charge is -2.63. The van der Waals surface area contributed by atoms with Gasteiger partial charge in [-0.25, -0.2) is 0 Å². The number of rotatable bonds is 4. The second-order valence-electron chi connectivity index (χ2n) is 13.5. The molecule has 3 aliphatic carbocycles. The van der Waals surface area contributed by atoms with Crippen LogP contribution in [0.4, 0.5) is 0 Å². The summed E-state index contributed by atoms with van der Waals surface area (Å²) in [6, 6.07) is 21.0. The van der Waals surface area contributed by atoms with Gasteiger partial charge < -0.3 is 10.2 Å². The topological polar surface area (TPSA) is 49.4 Å². The Hall–Kier alpha value is -2.62. The molecule has 2 amide bonds. The number of amides is 2. The van der Waals surface area contributed by atoms with Crippen LogP contribution in [0.25, 0.3) is 0 Å². The predicted molar refractivity (Wildman–Crippen MR) is 151 cm³/mol. The zero-order valence-corrected chi connectivity index (χ0v) is 23.5. The monoisotopic (exact) mass is 512 g/mol. The van der Waals surface area contributed by atoms with Gasteiger partial charge in [0.2, 0.25) is 11.8 Å². The fraction of sp³-hybridized carbons (Fsp3) is 0.588. The summed E-state index contributed by atoms with van der Waals surface area (Å²) in [6.45, 7) is 7.35. The molecule has 0 radical (unpaired) electrons. The summed E-state index contributed by atoms with van der Waals surface area (Å²) in [4.78, 5) is 28.8. The van der Waals surface area contributed by atoms with E-state index in [1.54, 1.807) is 0 Å². The van der Waals surface area contributed by atoms with Crippen molar-refractivity contribution in [2.75, 3.05) is 7.05 Å². The Morgan fingerprint density at radius 1 is 0.895 bits per heavy atom. The van der Waals surface area contributed by atoms with Crippen molar-refractivity contribution in [3.8, 4) is 0 Å². The van der Waals surface area contributed by atoms with Gasteiger partial charge in [0.1, 0.15) is 0 Å². The van der Waals surface area contributed by atoms with E-state index < -0.39 is 0 Å². The van der Waals surface area contributed by atoms with E-state index in [1.807, 2.05) is 19.2 Å². The Kier molecular flexibility index (Phi) is 6.44. The van der Waals surface area contributed by atoms with Crippen molar-refractivity contribution in [2.45, 2.75) is 77.8 Å². The van der Waals surface area contributed by atoms with E-state index in [1.165, 1.54) is 6.42 Å². The highest BCUT2D eigenvalue weighted by atomic mass is 16.2. The van der Waals surface area contributed by atoms with Gasteiger partial charge in [0.05, 0.1) is 6.04 Å². The molecule has 0 aromatic heterocycles. The molecule has 1 heterocycles. The third-order valence-corrected chi connectivity index (χ3v) is 11.8. The number of nitrogens with one attached hydrogen (secondary N) is 1. The van der Waals surface area contributed by atoms with Crippen LogP contribution in [0.15, 0.2) is 60.7 Å². The molecule has 2 aromatic rings. The highest BCUT2D eigenvalue weighted by molar-refractivity contribution is 5.81. The zero-order valence-electron chi connectivity index (χ0n) is 23.5. The Morgan fingerprint density at radius 3 is 2.13 bits per heavy atom. The van der Waals surface area contributed by atoms with E-state index in [9.17, 15) is 9.59 Å². The molecule has 4 heteroatoms. The summed E-state index contributed by atoms with van der Waals surface area (Å²) in [7, 11) is 2.04. The number of benzene rings is 2. The van der Waals surface area contributed by atoms with Crippen LogP contribution in [0, 0.1) is 40.4 Å². The van der Waals surface area contributed by atoms with Crippen LogP contribution in [0.3, 0.4) is 0 Å². The van der Waals surface area contributed by atoms with Crippen LogP contribution in [-0.4, -0.2) is 29.8 Å². The molecule has 0 spiro atoms. The molecule has 8 atom stereocenters. The number of fused-ring (bicyclic) bond motifs is 5. The highest BCUT2D eigenvalue weighted by Gasteiger charge is 2.63. The maximum absolute atomic E-state index is 14.1. The molecule has 202 valence electrons. The van der Waals surface area contributed by atoms with Gasteiger partial charge in [-0.3, -0.25) is 9.59 Å². The van der Waals surface area contributed by atoms with Gasteiger partial charge in [0.25, 0.3) is 0 Å². The molecule has 1 aliphatic heterocycles. The number of hydrogen-bond acceptors (Lipinski definition) is 2. The molecular formula is C34H44N2O2. The molecule has 38 heavy (non-hydrogen) atoms. The van der Waals surface area contributed by atoms with Crippen molar-refractivity contribution in [2.24, 2.45) is 40.4 Å². The minimum Gasteiger partial charge on any atom is -0.345 e. The lowest BCUT2D eigenvalue weighted by Crippen LogP contribution is -2.63. The van der Waals surface area contributed by atoms with Crippen LogP contribution < -0.4 is 5.32 Å². The van der Waals surface area contributed by atoms with Gasteiger partial charge in [0, 0.05) is 25.4 Å². The van der Waals surface area contributed by atoms with Crippen LogP contribution in [-0.2, 0) is 9.59 Å².